The van der Waals surface area contributed by atoms with Crippen LogP contribution in [0.3, 0.4) is 0 Å². The molecule has 1 aromatic carbocycles. The molecule has 23 heavy (non-hydrogen) atoms. The third kappa shape index (κ3) is 2.90. The second-order valence-corrected chi connectivity index (χ2v) is 7.34. The fourth-order valence-corrected chi connectivity index (χ4v) is 4.51. The maximum Gasteiger partial charge on any atom is 0.238 e. The minimum Gasteiger partial charge on any atom is -0.396 e. The maximum atomic E-state index is 12.5. The molecule has 2 aliphatic rings. The minimum atomic E-state index is 0.00361. The number of nitrogens with zero attached hydrogens (tertiary/aromatic N) is 1. The monoisotopic (exact) mass is 316 g/mol. The van der Waals surface area contributed by atoms with E-state index in [0.29, 0.717) is 18.6 Å². The van der Waals surface area contributed by atoms with E-state index in [1.807, 2.05) is 18.2 Å². The van der Waals surface area contributed by atoms with E-state index in [1.165, 1.54) is 11.1 Å². The lowest BCUT2D eigenvalue weighted by Gasteiger charge is -2.35. The molecule has 3 rings (SSSR count). The Hall–Kier alpha value is -1.39. The zero-order valence-electron chi connectivity index (χ0n) is 14.4. The van der Waals surface area contributed by atoms with E-state index in [-0.39, 0.29) is 17.9 Å². The summed E-state index contributed by atoms with van der Waals surface area (Å²) in [6.45, 7) is 6.96. The van der Waals surface area contributed by atoms with Gasteiger partial charge in [-0.05, 0) is 62.8 Å². The van der Waals surface area contributed by atoms with Crippen molar-refractivity contribution >= 4 is 11.6 Å². The first-order valence-electron chi connectivity index (χ1n) is 8.73. The van der Waals surface area contributed by atoms with Gasteiger partial charge in [-0.25, -0.2) is 0 Å². The fraction of sp³-hybridized carbons (Fsp3) is 0.632. The molecule has 0 radical (unpaired) electrons. The average molecular weight is 316 g/mol. The molecule has 2 aliphatic heterocycles. The predicted molar refractivity (Wildman–Crippen MR) is 92.5 cm³/mol. The van der Waals surface area contributed by atoms with Gasteiger partial charge in [0, 0.05) is 23.2 Å². The van der Waals surface area contributed by atoms with Crippen LogP contribution < -0.4 is 5.32 Å². The summed E-state index contributed by atoms with van der Waals surface area (Å²) in [5, 5.41) is 12.9. The summed E-state index contributed by atoms with van der Waals surface area (Å²) in [7, 11) is 0. The molecule has 2 fully saturated rings. The highest BCUT2D eigenvalue weighted by Crippen LogP contribution is 2.51. The van der Waals surface area contributed by atoms with E-state index in [0.717, 1.165) is 31.4 Å². The Kier molecular flexibility index (Phi) is 4.47. The first kappa shape index (κ1) is 16.5. The standard InChI is InChI=1S/C19H28N2O2/c1-4-19(12-22)10-16-7-8-17(19)21(16)11-18(23)20-15-6-5-13(2)14(3)9-15/h5-6,9,16-17,22H,4,7-8,10-12H2,1-3H3,(H,20,23)/t16-,17+,19-/m1/s1. The third-order valence-corrected chi connectivity index (χ3v) is 6.13. The quantitative estimate of drug-likeness (QED) is 0.878. The van der Waals surface area contributed by atoms with Gasteiger partial charge >= 0.3 is 0 Å². The van der Waals surface area contributed by atoms with Crippen molar-refractivity contribution in [2.45, 2.75) is 58.5 Å². The van der Waals surface area contributed by atoms with Gasteiger partial charge in [-0.1, -0.05) is 13.0 Å². The van der Waals surface area contributed by atoms with Gasteiger partial charge < -0.3 is 10.4 Å². The van der Waals surface area contributed by atoms with Crippen LogP contribution in [-0.2, 0) is 4.79 Å². The number of fused-ring (bicyclic) bond motifs is 2. The Morgan fingerprint density at radius 2 is 2.13 bits per heavy atom. The summed E-state index contributed by atoms with van der Waals surface area (Å²) < 4.78 is 0. The summed E-state index contributed by atoms with van der Waals surface area (Å²) in [6.07, 6.45) is 4.28. The van der Waals surface area contributed by atoms with Crippen LogP contribution in [0.2, 0.25) is 0 Å². The molecular weight excluding hydrogens is 288 g/mol. The Morgan fingerprint density at radius 3 is 2.74 bits per heavy atom. The predicted octanol–water partition coefficient (Wildman–Crippen LogP) is 2.87. The number of hydrogen-bond acceptors (Lipinski definition) is 3. The SMILES string of the molecule is CC[C@]1(CO)C[C@H]2CC[C@@H]1N2CC(=O)Nc1ccc(C)c(C)c1. The number of aryl methyl sites for hydroxylation is 2. The lowest BCUT2D eigenvalue weighted by Crippen LogP contribution is -2.42. The van der Waals surface area contributed by atoms with Gasteiger partial charge in [0.2, 0.25) is 5.91 Å². The second-order valence-electron chi connectivity index (χ2n) is 7.34. The number of anilines is 1. The maximum absolute atomic E-state index is 12.5. The lowest BCUT2D eigenvalue weighted by molar-refractivity contribution is -0.117. The molecule has 0 unspecified atom stereocenters. The summed E-state index contributed by atoms with van der Waals surface area (Å²) >= 11 is 0. The number of benzene rings is 1. The molecule has 2 bridgehead atoms. The van der Waals surface area contributed by atoms with E-state index in [2.05, 4.69) is 31.0 Å². The van der Waals surface area contributed by atoms with E-state index in [4.69, 9.17) is 0 Å². The number of carbonyl (C=O) groups excluding carboxylic acids is 1. The molecule has 126 valence electrons. The van der Waals surface area contributed by atoms with Gasteiger partial charge in [-0.3, -0.25) is 9.69 Å². The molecule has 1 amide bonds. The topological polar surface area (TPSA) is 52.6 Å². The average Bonchev–Trinajstić information content (AvgIpc) is 3.05. The van der Waals surface area contributed by atoms with Gasteiger partial charge in [0.05, 0.1) is 13.2 Å². The smallest absolute Gasteiger partial charge is 0.238 e. The van der Waals surface area contributed by atoms with Crippen molar-refractivity contribution in [3.8, 4) is 0 Å². The first-order chi connectivity index (χ1) is 11.0. The molecule has 3 atom stereocenters. The summed E-state index contributed by atoms with van der Waals surface area (Å²) in [4.78, 5) is 14.8. The number of hydrogen-bond donors (Lipinski definition) is 2. The van der Waals surface area contributed by atoms with Crippen molar-refractivity contribution in [2.24, 2.45) is 5.41 Å². The molecule has 2 N–H and O–H groups in total. The second kappa shape index (κ2) is 6.25. The highest BCUT2D eigenvalue weighted by atomic mass is 16.3. The van der Waals surface area contributed by atoms with Crippen LogP contribution in [0.25, 0.3) is 0 Å². The number of rotatable bonds is 5. The van der Waals surface area contributed by atoms with Crippen LogP contribution in [0.4, 0.5) is 5.69 Å². The largest absolute Gasteiger partial charge is 0.396 e. The van der Waals surface area contributed by atoms with Crippen molar-refractivity contribution in [2.75, 3.05) is 18.5 Å². The third-order valence-electron chi connectivity index (χ3n) is 6.13. The number of carbonyl (C=O) groups is 1. The number of amides is 1. The first-order valence-corrected chi connectivity index (χ1v) is 8.73. The summed E-state index contributed by atoms with van der Waals surface area (Å²) in [5.74, 6) is 0.0509. The molecule has 0 aromatic heterocycles. The van der Waals surface area contributed by atoms with Crippen molar-refractivity contribution < 1.29 is 9.90 Å². The molecule has 4 nitrogen and oxygen atoms in total. The van der Waals surface area contributed by atoms with Crippen molar-refractivity contribution in [1.29, 1.82) is 0 Å². The van der Waals surface area contributed by atoms with Crippen LogP contribution in [0.15, 0.2) is 18.2 Å². The lowest BCUT2D eigenvalue weighted by atomic mass is 9.72. The van der Waals surface area contributed by atoms with Crippen molar-refractivity contribution in [3.05, 3.63) is 29.3 Å². The van der Waals surface area contributed by atoms with Crippen LogP contribution in [0, 0.1) is 19.3 Å². The van der Waals surface area contributed by atoms with E-state index >= 15 is 0 Å². The fourth-order valence-electron chi connectivity index (χ4n) is 4.51. The molecular formula is C19H28N2O2. The van der Waals surface area contributed by atoms with E-state index < -0.39 is 0 Å². The van der Waals surface area contributed by atoms with Gasteiger partial charge in [-0.2, -0.15) is 0 Å². The van der Waals surface area contributed by atoms with Gasteiger partial charge in [-0.15, -0.1) is 0 Å². The van der Waals surface area contributed by atoms with Gasteiger partial charge in [0.25, 0.3) is 0 Å². The number of nitrogens with one attached hydrogen (secondary N) is 1. The Labute approximate surface area is 138 Å². The normalized spacial score (nSPS) is 29.9. The molecule has 0 saturated carbocycles. The molecule has 1 aromatic rings. The van der Waals surface area contributed by atoms with Crippen LogP contribution >= 0.6 is 0 Å². The Balaban J connectivity index is 1.65. The van der Waals surface area contributed by atoms with Crippen LogP contribution in [0.5, 0.6) is 0 Å². The van der Waals surface area contributed by atoms with E-state index in [1.54, 1.807) is 0 Å². The number of aliphatic hydroxyl groups is 1. The van der Waals surface area contributed by atoms with Crippen molar-refractivity contribution in [3.63, 3.8) is 0 Å². The van der Waals surface area contributed by atoms with Crippen molar-refractivity contribution in [1.82, 2.24) is 4.90 Å². The summed E-state index contributed by atoms with van der Waals surface area (Å²) in [5.41, 5.74) is 3.29. The Morgan fingerprint density at radius 1 is 1.35 bits per heavy atom. The zero-order valence-corrected chi connectivity index (χ0v) is 14.4. The summed E-state index contributed by atoms with van der Waals surface area (Å²) in [6, 6.07) is 6.84. The molecule has 0 aliphatic carbocycles. The number of aliphatic hydroxyl groups excluding tert-OH is 1. The van der Waals surface area contributed by atoms with Crippen LogP contribution in [0.1, 0.15) is 43.7 Å². The Bertz CT molecular complexity index is 595. The molecule has 4 heteroatoms. The molecule has 2 saturated heterocycles. The minimum absolute atomic E-state index is 0.00361. The van der Waals surface area contributed by atoms with Gasteiger partial charge in [0.15, 0.2) is 0 Å². The van der Waals surface area contributed by atoms with E-state index in [9.17, 15) is 9.90 Å². The zero-order chi connectivity index (χ0) is 16.6. The van der Waals surface area contributed by atoms with Gasteiger partial charge in [0.1, 0.15) is 0 Å². The van der Waals surface area contributed by atoms with Crippen LogP contribution in [-0.4, -0.2) is 41.1 Å². The molecule has 2 heterocycles. The molecule has 0 spiro atoms. The highest BCUT2D eigenvalue weighted by Gasteiger charge is 2.54. The highest BCUT2D eigenvalue weighted by molar-refractivity contribution is 5.92.